The molecule has 6 rings (SSSR count). The number of fused-ring (bicyclic) bond motifs is 1. The van der Waals surface area contributed by atoms with Crippen molar-refractivity contribution in [3.05, 3.63) is 191 Å². The van der Waals surface area contributed by atoms with Crippen LogP contribution in [0.15, 0.2) is 152 Å². The summed E-state index contributed by atoms with van der Waals surface area (Å²) >= 11 is 17.3. The van der Waals surface area contributed by atoms with Crippen LogP contribution in [-0.2, 0) is 61.1 Å². The number of thioether (sulfide) groups is 11. The summed E-state index contributed by atoms with van der Waals surface area (Å²) in [6.07, 6.45) is 4.47. The fourth-order valence-corrected chi connectivity index (χ4v) is 20.6. The van der Waals surface area contributed by atoms with Gasteiger partial charge in [0.15, 0.2) is 0 Å². The summed E-state index contributed by atoms with van der Waals surface area (Å²) in [5.74, 6) is -5.07. The van der Waals surface area contributed by atoms with Crippen LogP contribution in [0.1, 0.15) is 285 Å². The fourth-order valence-electron chi connectivity index (χ4n) is 10.4. The van der Waals surface area contributed by atoms with Crippen LogP contribution in [0, 0.1) is 5.92 Å². The number of carboxylic acids is 11. The molecule has 33 heteroatoms. The smallest absolute Gasteiger partial charge is 0.335 e. The van der Waals surface area contributed by atoms with Gasteiger partial charge in [-0.05, 0) is 157 Å². The molecule has 0 spiro atoms. The first-order chi connectivity index (χ1) is 62.7. The van der Waals surface area contributed by atoms with Crippen LogP contribution < -0.4 is 0 Å². The van der Waals surface area contributed by atoms with Gasteiger partial charge in [-0.15, -0.1) is 94.1 Å². The lowest BCUT2D eigenvalue weighted by molar-refractivity contribution is -0.139. The molecule has 0 saturated heterocycles. The van der Waals surface area contributed by atoms with Gasteiger partial charge >= 0.3 is 65.7 Å². The first-order valence-electron chi connectivity index (χ1n) is 45.0. The van der Waals surface area contributed by atoms with Crippen LogP contribution in [0.5, 0.6) is 0 Å². The zero-order valence-electron chi connectivity index (χ0n) is 84.3. The Morgan fingerprint density at radius 1 is 0.356 bits per heavy atom. The van der Waals surface area contributed by atoms with E-state index in [9.17, 15) is 57.8 Å². The molecule has 6 aromatic carbocycles. The molecule has 0 heterocycles. The predicted octanol–water partition coefficient (Wildman–Crippen LogP) is 27.7. The molecule has 764 valence electrons. The van der Waals surface area contributed by atoms with Gasteiger partial charge in [0.05, 0.1) is 22.1 Å². The molecular weight excluding hydrogens is 1930 g/mol. The summed E-state index contributed by atoms with van der Waals surface area (Å²) in [7, 11) is 0. The third-order valence-corrected chi connectivity index (χ3v) is 29.9. The van der Waals surface area contributed by atoms with Crippen LogP contribution in [0.25, 0.3) is 10.8 Å². The molecule has 0 aliphatic carbocycles. The number of unbranched alkanes of at least 4 members (excludes halogenated alkanes) is 1. The molecule has 0 radical (unpaired) electrons. The summed E-state index contributed by atoms with van der Waals surface area (Å²) in [6, 6.07) is 47.1. The molecule has 6 unspecified atom stereocenters. The van der Waals surface area contributed by atoms with Crippen LogP contribution in [0.4, 0.5) is 0 Å². The molecule has 0 bridgehead atoms. The Morgan fingerprint density at radius 3 is 1.18 bits per heavy atom. The minimum atomic E-state index is -0.860. The van der Waals surface area contributed by atoms with Crippen molar-refractivity contribution in [2.75, 3.05) is 11.5 Å². The summed E-state index contributed by atoms with van der Waals surface area (Å²) in [6.45, 7) is 55.9. The average molecular weight is 2090 g/mol. The lowest BCUT2D eigenvalue weighted by Gasteiger charge is -2.20. The van der Waals surface area contributed by atoms with E-state index in [2.05, 4.69) is 41.5 Å². The fraction of sp³-hybridized carbons (Fsp3) is 0.559. The highest BCUT2D eigenvalue weighted by molar-refractivity contribution is 8.03. The second-order valence-corrected chi connectivity index (χ2v) is 53.0. The van der Waals surface area contributed by atoms with Gasteiger partial charge in [-0.1, -0.05) is 313 Å². The average Bonchev–Trinajstić information content (AvgIpc) is 0.803. The summed E-state index contributed by atoms with van der Waals surface area (Å²) in [5, 5.41) is 101. The van der Waals surface area contributed by atoms with Gasteiger partial charge in [-0.3, -0.25) is 43.2 Å². The Morgan fingerprint density at radius 2 is 0.793 bits per heavy atom. The molecule has 6 atom stereocenters. The van der Waals surface area contributed by atoms with Crippen molar-refractivity contribution in [2.45, 2.75) is 338 Å². The van der Waals surface area contributed by atoms with Crippen molar-refractivity contribution in [2.24, 2.45) is 5.92 Å². The van der Waals surface area contributed by atoms with E-state index in [4.69, 9.17) is 51.1 Å². The second-order valence-electron chi connectivity index (χ2n) is 33.8. The largest absolute Gasteiger partial charge is 0.481 e. The van der Waals surface area contributed by atoms with Gasteiger partial charge < -0.3 is 56.2 Å². The third kappa shape index (κ3) is 78.0. The number of rotatable bonds is 45. The monoisotopic (exact) mass is 2090 g/mol. The van der Waals surface area contributed by atoms with Gasteiger partial charge in [0, 0.05) is 33.7 Å². The SMILES string of the molecule is CC(C)SC(C(=O)O)C(C)C.CC(C)SC(C(=O)O)c1cccc2ccccc12.CC(C)SC(C(=O)O)c1ccccc1.CC(C)SC(C)(C)C(=O)O.CC(C)SC(C)C(=O)O.CC(C)SC(Cc1ccccc1)C(=O)O.CC(C)SCC(=O)O.CC(C)SCCCCC(=O)O.CC(C)SCc1cccc(C(=O)O)c1.CC(C)SCc1ccccc1C(=O)O.CCCC(SC(C)C)C(=O)O. The van der Waals surface area contributed by atoms with E-state index in [-0.39, 0.29) is 37.9 Å². The molecule has 22 nitrogen and oxygen atoms in total. The molecular formula is C102H158O22S11. The van der Waals surface area contributed by atoms with Gasteiger partial charge in [-0.25, -0.2) is 9.59 Å². The van der Waals surface area contributed by atoms with Crippen molar-refractivity contribution in [1.82, 2.24) is 0 Å². The lowest BCUT2D eigenvalue weighted by atomic mass is 10.0. The number of aromatic carboxylic acids is 2. The highest BCUT2D eigenvalue weighted by Crippen LogP contribution is 2.38. The lowest BCUT2D eigenvalue weighted by Crippen LogP contribution is -2.28. The van der Waals surface area contributed by atoms with E-state index >= 15 is 0 Å². The molecule has 0 aliphatic rings. The Bertz CT molecular complexity index is 4240. The molecule has 11 N–H and O–H groups in total. The molecule has 0 amide bonds. The van der Waals surface area contributed by atoms with Crippen molar-refractivity contribution in [3.8, 4) is 0 Å². The maximum absolute atomic E-state index is 11.5. The highest BCUT2D eigenvalue weighted by atomic mass is 32.2. The van der Waals surface area contributed by atoms with Crippen LogP contribution >= 0.6 is 129 Å². The Kier molecular flexibility index (Phi) is 81.5. The molecule has 135 heavy (non-hydrogen) atoms. The Labute approximate surface area is 853 Å². The number of hydrogen-bond donors (Lipinski definition) is 11. The van der Waals surface area contributed by atoms with E-state index in [1.54, 1.807) is 62.9 Å². The Hall–Kier alpha value is -6.40. The molecule has 0 fully saturated rings. The summed E-state index contributed by atoms with van der Waals surface area (Å²) in [4.78, 5) is 117. The maximum Gasteiger partial charge on any atom is 0.335 e. The first-order valence-corrected chi connectivity index (χ1v) is 55.7. The van der Waals surface area contributed by atoms with Gasteiger partial charge in [0.2, 0.25) is 0 Å². The van der Waals surface area contributed by atoms with E-state index < -0.39 is 80.9 Å². The zero-order chi connectivity index (χ0) is 105. The van der Waals surface area contributed by atoms with E-state index in [0.29, 0.717) is 76.5 Å². The quantitative estimate of drug-likeness (QED) is 0.0158. The van der Waals surface area contributed by atoms with Crippen molar-refractivity contribution in [3.63, 3.8) is 0 Å². The van der Waals surface area contributed by atoms with Crippen LogP contribution in [0.3, 0.4) is 0 Å². The topological polar surface area (TPSA) is 410 Å². The number of aliphatic carboxylic acids is 9. The van der Waals surface area contributed by atoms with Crippen molar-refractivity contribution in [1.29, 1.82) is 0 Å². The van der Waals surface area contributed by atoms with E-state index in [1.165, 1.54) is 94.1 Å². The van der Waals surface area contributed by atoms with Gasteiger partial charge in [0.1, 0.15) is 31.0 Å². The predicted molar refractivity (Wildman–Crippen MR) is 587 cm³/mol. The van der Waals surface area contributed by atoms with Gasteiger partial charge in [0.25, 0.3) is 0 Å². The summed E-state index contributed by atoms with van der Waals surface area (Å²) in [5.41, 5.74) is 5.59. The molecule has 0 aromatic heterocycles. The molecule has 0 saturated carbocycles. The van der Waals surface area contributed by atoms with Crippen molar-refractivity contribution >= 4 is 206 Å². The Balaban J connectivity index is -0.000000462. The minimum absolute atomic E-state index is 0.208. The standard InChI is InChI=1S/C15H16O2S.C12H16O2S.3C11H14O2S.3C8H16O2S.C7H14O2S.C6H12O2S.C5H10O2S/c1-10(2)18-14(15(16)17)13-9-5-7-11-6-3-4-8-12(11)13;1-9(2)15-11(12(13)14)8-10-6-4-3-5-7-10;1-8(2)14-7-9-4-3-5-10(6-9)11(12)13;1-8(2)14-7-9-5-3-4-6-10(9)11(12)13;1-8(2)14-10(11(12)13)9-6-4-3-5-7-9;1-5(2)7(8(9)10)11-6(3)4;1-7(2)11-6-4-3-5-8(9)10;1-4-5-7(8(9)10)11-6(2)3;1-5(2)10-7(3,4)6(8)9;1-4(2)9-5(3)6(7)8;1-4(2)8-3-5(6)7/h3-10,14H,1-2H3,(H,16,17);3-7,9,11H,8H2,1-2H3,(H,13,14);2*3-6,8H,7H2,1-2H3,(H,12,13);3-8,10H,1-2H3,(H,12,13);5-7H,1-4H3,(H,9,10);7H,3-6H2,1-2H3,(H,9,10);6-7H,4-5H2,1-3H3,(H,9,10);5H,1-4H3,(H,8,9);4-5H,1-3H3,(H,7,8);4H,3H2,1-2H3,(H,6,7). The van der Waals surface area contributed by atoms with E-state index in [0.717, 1.165) is 81.5 Å². The highest BCUT2D eigenvalue weighted by Gasteiger charge is 2.30. The zero-order valence-corrected chi connectivity index (χ0v) is 93.3. The van der Waals surface area contributed by atoms with Crippen LogP contribution in [0.2, 0.25) is 0 Å². The maximum atomic E-state index is 11.5. The minimum Gasteiger partial charge on any atom is -0.481 e. The number of carboxylic acid groups (broad SMARTS) is 11. The molecule has 0 aliphatic heterocycles. The number of carbonyl (C=O) groups is 11. The molecule has 6 aromatic rings. The number of benzene rings is 6. The third-order valence-electron chi connectivity index (χ3n) is 16.2. The first kappa shape index (κ1) is 137. The number of hydrogen-bond acceptors (Lipinski definition) is 22. The van der Waals surface area contributed by atoms with E-state index in [1.807, 2.05) is 276 Å². The normalized spacial score (nSPS) is 12.1. The van der Waals surface area contributed by atoms with Gasteiger partial charge in [-0.2, -0.15) is 35.3 Å². The second kappa shape index (κ2) is 80.3. The van der Waals surface area contributed by atoms with Crippen molar-refractivity contribution < 1.29 is 109 Å². The van der Waals surface area contributed by atoms with Crippen LogP contribution in [-0.4, -0.2) is 217 Å². The summed E-state index contributed by atoms with van der Waals surface area (Å²) < 4.78 is -0.645.